The van der Waals surface area contributed by atoms with Crippen LogP contribution in [0.3, 0.4) is 0 Å². The van der Waals surface area contributed by atoms with Crippen LogP contribution in [0.2, 0.25) is 0 Å². The minimum absolute atomic E-state index is 0.634. The fourth-order valence-corrected chi connectivity index (χ4v) is 9.55. The van der Waals surface area contributed by atoms with E-state index in [1.165, 1.54) is 24.9 Å². The SMILES string of the molecule is c1ccc(-c2nc(-c3ccccc3)nc(-c3ccc4sc5cc(-c6nc(-c7ccccc7)nc(-c7cccc8sc9ccccc9c78)n6)ccc5c4c3)n2)cc1. The Bertz CT molecular complexity index is 3190. The largest absolute Gasteiger partial charge is 0.208 e. The van der Waals surface area contributed by atoms with Gasteiger partial charge in [-0.05, 0) is 36.4 Å². The predicted octanol–water partition coefficient (Wildman–Crippen LogP) is 12.8. The van der Waals surface area contributed by atoms with Crippen LogP contribution >= 0.6 is 22.7 Å². The lowest BCUT2D eigenvalue weighted by Crippen LogP contribution is -2.00. The van der Waals surface area contributed by atoms with Gasteiger partial charge >= 0.3 is 0 Å². The highest BCUT2D eigenvalue weighted by molar-refractivity contribution is 7.26. The van der Waals surface area contributed by atoms with Gasteiger partial charge in [0, 0.05) is 73.7 Å². The zero-order chi connectivity index (χ0) is 37.0. The third-order valence-electron chi connectivity index (χ3n) is 10.00. The van der Waals surface area contributed by atoms with E-state index in [1.54, 1.807) is 22.7 Å². The highest BCUT2D eigenvalue weighted by Gasteiger charge is 2.19. The molecule has 262 valence electrons. The summed E-state index contributed by atoms with van der Waals surface area (Å²) in [4.78, 5) is 30.2. The van der Waals surface area contributed by atoms with Crippen molar-refractivity contribution < 1.29 is 0 Å². The average molecular weight is 753 g/mol. The van der Waals surface area contributed by atoms with E-state index in [-0.39, 0.29) is 0 Å². The summed E-state index contributed by atoms with van der Waals surface area (Å²) in [6.07, 6.45) is 0. The minimum Gasteiger partial charge on any atom is -0.208 e. The van der Waals surface area contributed by atoms with Crippen LogP contribution in [0.5, 0.6) is 0 Å². The molecule has 56 heavy (non-hydrogen) atoms. The maximum Gasteiger partial charge on any atom is 0.164 e. The molecule has 11 rings (SSSR count). The van der Waals surface area contributed by atoms with E-state index in [9.17, 15) is 0 Å². The molecule has 0 unspecified atom stereocenters. The maximum atomic E-state index is 5.18. The topological polar surface area (TPSA) is 77.3 Å². The summed E-state index contributed by atoms with van der Waals surface area (Å²) in [5, 5.41) is 4.68. The number of aromatic nitrogens is 6. The van der Waals surface area contributed by atoms with Crippen molar-refractivity contribution in [3.63, 3.8) is 0 Å². The van der Waals surface area contributed by atoms with Crippen LogP contribution in [0.4, 0.5) is 0 Å². The van der Waals surface area contributed by atoms with Gasteiger partial charge in [0.2, 0.25) is 0 Å². The third kappa shape index (κ3) is 5.71. The Hall–Kier alpha value is -7.00. The molecule has 0 bridgehead atoms. The smallest absolute Gasteiger partial charge is 0.164 e. The van der Waals surface area contributed by atoms with Crippen LogP contribution in [0.25, 0.3) is 109 Å². The summed E-state index contributed by atoms with van der Waals surface area (Å²) < 4.78 is 4.78. The second kappa shape index (κ2) is 13.4. The van der Waals surface area contributed by atoms with Gasteiger partial charge in [0.25, 0.3) is 0 Å². The van der Waals surface area contributed by atoms with E-state index >= 15 is 0 Å². The summed E-state index contributed by atoms with van der Waals surface area (Å²) in [5.41, 5.74) is 5.70. The molecule has 7 aromatic carbocycles. The number of hydrogen-bond acceptors (Lipinski definition) is 8. The lowest BCUT2D eigenvalue weighted by atomic mass is 10.0. The Morgan fingerprint density at radius 1 is 0.268 bits per heavy atom. The lowest BCUT2D eigenvalue weighted by Gasteiger charge is -2.10. The molecule has 0 aliphatic rings. The zero-order valence-corrected chi connectivity index (χ0v) is 31.3. The molecule has 0 aliphatic carbocycles. The number of fused-ring (bicyclic) bond motifs is 6. The second-order valence-electron chi connectivity index (χ2n) is 13.5. The standard InChI is InChI=1S/C48H28N6S2/c1-4-13-29(14-5-1)43-49-44(30-15-6-2-7-16-30)51-46(50-43)32-24-26-39-37(27-32)34-25-23-33(28-41(34)56-39)47-52-45(31-17-8-3-9-18-31)53-48(54-47)36-20-12-22-40-42(36)35-19-10-11-21-38(35)55-40/h1-28H. The molecule has 6 nitrogen and oxygen atoms in total. The van der Waals surface area contributed by atoms with Crippen LogP contribution in [0.1, 0.15) is 0 Å². The van der Waals surface area contributed by atoms with Gasteiger partial charge in [-0.15, -0.1) is 22.7 Å². The number of hydrogen-bond donors (Lipinski definition) is 0. The number of nitrogens with zero attached hydrogens (tertiary/aromatic N) is 6. The van der Waals surface area contributed by atoms with E-state index in [2.05, 4.69) is 78.9 Å². The summed E-state index contributed by atoms with van der Waals surface area (Å²) in [6, 6.07) is 58.2. The van der Waals surface area contributed by atoms with Gasteiger partial charge in [-0.3, -0.25) is 0 Å². The first-order valence-corrected chi connectivity index (χ1v) is 19.9. The van der Waals surface area contributed by atoms with Crippen molar-refractivity contribution >= 4 is 63.0 Å². The quantitative estimate of drug-likeness (QED) is 0.168. The second-order valence-corrected chi connectivity index (χ2v) is 15.7. The van der Waals surface area contributed by atoms with E-state index in [4.69, 9.17) is 29.9 Å². The maximum absolute atomic E-state index is 5.18. The Labute approximate surface area is 329 Å². The lowest BCUT2D eigenvalue weighted by molar-refractivity contribution is 1.07. The predicted molar refractivity (Wildman–Crippen MR) is 232 cm³/mol. The molecular weight excluding hydrogens is 725 g/mol. The van der Waals surface area contributed by atoms with Crippen LogP contribution < -0.4 is 0 Å². The van der Waals surface area contributed by atoms with Gasteiger partial charge in [0.05, 0.1) is 0 Å². The Morgan fingerprint density at radius 3 is 1.36 bits per heavy atom. The summed E-state index contributed by atoms with van der Waals surface area (Å²) in [7, 11) is 0. The van der Waals surface area contributed by atoms with Crippen molar-refractivity contribution in [1.29, 1.82) is 0 Å². The average Bonchev–Trinajstić information content (AvgIpc) is 3.85. The molecule has 11 aromatic rings. The first kappa shape index (κ1) is 32.4. The first-order chi connectivity index (χ1) is 27.7. The van der Waals surface area contributed by atoms with Crippen LogP contribution in [-0.2, 0) is 0 Å². The third-order valence-corrected chi connectivity index (χ3v) is 12.3. The molecular formula is C48H28N6S2. The van der Waals surface area contributed by atoms with Crippen LogP contribution in [-0.4, -0.2) is 29.9 Å². The Morgan fingerprint density at radius 2 is 0.732 bits per heavy atom. The van der Waals surface area contributed by atoms with Gasteiger partial charge in [-0.1, -0.05) is 133 Å². The van der Waals surface area contributed by atoms with Crippen molar-refractivity contribution in [2.24, 2.45) is 0 Å². The summed E-state index contributed by atoms with van der Waals surface area (Å²) in [6.45, 7) is 0. The molecule has 0 N–H and O–H groups in total. The fraction of sp³-hybridized carbons (Fsp3) is 0. The summed E-state index contributed by atoms with van der Waals surface area (Å²) >= 11 is 3.55. The highest BCUT2D eigenvalue weighted by Crippen LogP contribution is 2.41. The van der Waals surface area contributed by atoms with E-state index in [0.29, 0.717) is 34.9 Å². The molecule has 0 saturated heterocycles. The minimum atomic E-state index is 0.634. The molecule has 0 spiro atoms. The number of benzene rings is 7. The van der Waals surface area contributed by atoms with Crippen molar-refractivity contribution in [1.82, 2.24) is 29.9 Å². The van der Waals surface area contributed by atoms with E-state index < -0.39 is 0 Å². The Balaban J connectivity index is 1.04. The van der Waals surface area contributed by atoms with Crippen LogP contribution in [0.15, 0.2) is 170 Å². The van der Waals surface area contributed by atoms with Crippen molar-refractivity contribution in [3.8, 4) is 68.3 Å². The van der Waals surface area contributed by atoms with E-state index in [1.807, 2.05) is 91.0 Å². The molecule has 0 amide bonds. The van der Waals surface area contributed by atoms with Crippen molar-refractivity contribution in [2.75, 3.05) is 0 Å². The zero-order valence-electron chi connectivity index (χ0n) is 29.7. The van der Waals surface area contributed by atoms with Gasteiger partial charge in [0.15, 0.2) is 34.9 Å². The summed E-state index contributed by atoms with van der Waals surface area (Å²) in [5.74, 6) is 3.86. The van der Waals surface area contributed by atoms with E-state index in [0.717, 1.165) is 48.9 Å². The highest BCUT2D eigenvalue weighted by atomic mass is 32.1. The van der Waals surface area contributed by atoms with Gasteiger partial charge < -0.3 is 0 Å². The number of thiophene rings is 2. The monoisotopic (exact) mass is 752 g/mol. The van der Waals surface area contributed by atoms with Crippen molar-refractivity contribution in [2.45, 2.75) is 0 Å². The van der Waals surface area contributed by atoms with Gasteiger partial charge in [0.1, 0.15) is 0 Å². The molecule has 4 aromatic heterocycles. The first-order valence-electron chi connectivity index (χ1n) is 18.3. The number of rotatable bonds is 6. The molecule has 4 heterocycles. The molecule has 0 fully saturated rings. The van der Waals surface area contributed by atoms with Gasteiger partial charge in [-0.2, -0.15) is 0 Å². The fourth-order valence-electron chi connectivity index (χ4n) is 7.30. The molecule has 0 radical (unpaired) electrons. The molecule has 8 heteroatoms. The Kier molecular flexibility index (Phi) is 7.75. The molecule has 0 saturated carbocycles. The van der Waals surface area contributed by atoms with Crippen molar-refractivity contribution in [3.05, 3.63) is 170 Å². The van der Waals surface area contributed by atoms with Gasteiger partial charge in [-0.25, -0.2) is 29.9 Å². The van der Waals surface area contributed by atoms with Crippen LogP contribution in [0, 0.1) is 0 Å². The molecule has 0 aliphatic heterocycles. The molecule has 0 atom stereocenters. The normalized spacial score (nSPS) is 11.6.